The van der Waals surface area contributed by atoms with Crippen LogP contribution < -0.4 is 5.32 Å². The quantitative estimate of drug-likeness (QED) is 0.866. The van der Waals surface area contributed by atoms with Crippen LogP contribution in [-0.4, -0.2) is 12.5 Å². The molecule has 0 fully saturated rings. The monoisotopic (exact) mass is 243 g/mol. The average molecular weight is 244 g/mol. The van der Waals surface area contributed by atoms with Gasteiger partial charge in [-0.25, -0.2) is 4.39 Å². The second-order valence-corrected chi connectivity index (χ2v) is 4.35. The zero-order valence-corrected chi connectivity index (χ0v) is 10.1. The predicted molar refractivity (Wildman–Crippen MR) is 63.0 cm³/mol. The van der Waals surface area contributed by atoms with Crippen LogP contribution in [0.3, 0.4) is 0 Å². The molecule has 0 bridgehead atoms. The molecule has 0 atom stereocenters. The zero-order valence-electron chi connectivity index (χ0n) is 9.39. The van der Waals surface area contributed by atoms with Gasteiger partial charge in [-0.3, -0.25) is 4.79 Å². The van der Waals surface area contributed by atoms with Crippen LogP contribution in [0.4, 0.5) is 4.39 Å². The van der Waals surface area contributed by atoms with Gasteiger partial charge < -0.3 is 5.32 Å². The maximum absolute atomic E-state index is 12.9. The molecule has 1 aromatic carbocycles. The van der Waals surface area contributed by atoms with Gasteiger partial charge in [0.2, 0.25) is 5.91 Å². The van der Waals surface area contributed by atoms with E-state index in [2.05, 4.69) is 5.32 Å². The Morgan fingerprint density at radius 3 is 2.75 bits per heavy atom. The zero-order chi connectivity index (χ0) is 12.1. The molecule has 0 saturated heterocycles. The molecule has 0 saturated carbocycles. The van der Waals surface area contributed by atoms with Crippen molar-refractivity contribution in [2.45, 2.75) is 20.3 Å². The normalized spacial score (nSPS) is 10.6. The summed E-state index contributed by atoms with van der Waals surface area (Å²) in [6.45, 7) is 4.22. The average Bonchev–Trinajstić information content (AvgIpc) is 2.23. The Morgan fingerprint density at radius 1 is 1.50 bits per heavy atom. The van der Waals surface area contributed by atoms with Gasteiger partial charge >= 0.3 is 0 Å². The Kier molecular flexibility index (Phi) is 4.74. The van der Waals surface area contributed by atoms with E-state index in [1.807, 2.05) is 13.8 Å². The molecule has 0 aliphatic carbocycles. The molecule has 88 valence electrons. The Morgan fingerprint density at radius 2 is 2.19 bits per heavy atom. The Labute approximate surface area is 99.8 Å². The lowest BCUT2D eigenvalue weighted by atomic mass is 10.1. The van der Waals surface area contributed by atoms with Crippen molar-refractivity contribution in [3.63, 3.8) is 0 Å². The topological polar surface area (TPSA) is 29.1 Å². The molecular weight excluding hydrogens is 229 g/mol. The first-order valence-corrected chi connectivity index (χ1v) is 5.60. The summed E-state index contributed by atoms with van der Waals surface area (Å²) in [4.78, 5) is 11.3. The smallest absolute Gasteiger partial charge is 0.222 e. The van der Waals surface area contributed by atoms with E-state index in [0.717, 1.165) is 5.56 Å². The molecule has 16 heavy (non-hydrogen) atoms. The summed E-state index contributed by atoms with van der Waals surface area (Å²) in [7, 11) is 0. The van der Waals surface area contributed by atoms with E-state index in [1.165, 1.54) is 6.07 Å². The molecule has 0 radical (unpaired) electrons. The largest absolute Gasteiger partial charge is 0.356 e. The minimum atomic E-state index is -0.420. The van der Waals surface area contributed by atoms with E-state index in [-0.39, 0.29) is 16.8 Å². The number of amides is 1. The highest BCUT2D eigenvalue weighted by Crippen LogP contribution is 2.16. The van der Waals surface area contributed by atoms with E-state index < -0.39 is 5.82 Å². The number of rotatable bonds is 4. The van der Waals surface area contributed by atoms with E-state index in [0.29, 0.717) is 13.0 Å². The number of hydrogen-bond acceptors (Lipinski definition) is 1. The lowest BCUT2D eigenvalue weighted by molar-refractivity contribution is -0.123. The van der Waals surface area contributed by atoms with E-state index in [4.69, 9.17) is 11.6 Å². The van der Waals surface area contributed by atoms with Gasteiger partial charge in [0.05, 0.1) is 5.02 Å². The second kappa shape index (κ2) is 5.85. The summed E-state index contributed by atoms with van der Waals surface area (Å²) in [6, 6.07) is 4.59. The van der Waals surface area contributed by atoms with Crippen LogP contribution >= 0.6 is 11.6 Å². The summed E-state index contributed by atoms with van der Waals surface area (Å²) < 4.78 is 12.9. The molecule has 2 nitrogen and oxygen atoms in total. The van der Waals surface area contributed by atoms with Gasteiger partial charge in [0.15, 0.2) is 0 Å². The summed E-state index contributed by atoms with van der Waals surface area (Å²) in [5, 5.41) is 2.91. The SMILES string of the molecule is CC(C)C(=O)NCCc1ccc(F)c(Cl)c1. The molecule has 0 aliphatic rings. The van der Waals surface area contributed by atoms with Gasteiger partial charge in [0.25, 0.3) is 0 Å². The minimum Gasteiger partial charge on any atom is -0.356 e. The van der Waals surface area contributed by atoms with Crippen LogP contribution in [0.15, 0.2) is 18.2 Å². The third kappa shape index (κ3) is 3.81. The van der Waals surface area contributed by atoms with Crippen molar-refractivity contribution >= 4 is 17.5 Å². The highest BCUT2D eigenvalue weighted by molar-refractivity contribution is 6.30. The Bertz CT molecular complexity index is 379. The maximum Gasteiger partial charge on any atom is 0.222 e. The third-order valence-corrected chi connectivity index (χ3v) is 2.51. The summed E-state index contributed by atoms with van der Waals surface area (Å²) >= 11 is 5.64. The number of benzene rings is 1. The van der Waals surface area contributed by atoms with Crippen molar-refractivity contribution in [1.82, 2.24) is 5.32 Å². The summed E-state index contributed by atoms with van der Waals surface area (Å²) in [5.41, 5.74) is 0.912. The predicted octanol–water partition coefficient (Wildman–Crippen LogP) is 2.79. The van der Waals surface area contributed by atoms with Crippen molar-refractivity contribution in [3.8, 4) is 0 Å². The van der Waals surface area contributed by atoms with Crippen LogP contribution in [0.25, 0.3) is 0 Å². The molecule has 0 aromatic heterocycles. The maximum atomic E-state index is 12.9. The van der Waals surface area contributed by atoms with Crippen LogP contribution in [0.5, 0.6) is 0 Å². The van der Waals surface area contributed by atoms with Crippen LogP contribution in [-0.2, 0) is 11.2 Å². The first kappa shape index (κ1) is 13.0. The van der Waals surface area contributed by atoms with Crippen molar-refractivity contribution in [1.29, 1.82) is 0 Å². The first-order chi connectivity index (χ1) is 7.50. The standard InChI is InChI=1S/C12H15ClFNO/c1-8(2)12(16)15-6-5-9-3-4-11(14)10(13)7-9/h3-4,7-8H,5-6H2,1-2H3,(H,15,16). The van der Waals surface area contributed by atoms with Gasteiger partial charge in [-0.15, -0.1) is 0 Å². The highest BCUT2D eigenvalue weighted by atomic mass is 35.5. The Hall–Kier alpha value is -1.09. The third-order valence-electron chi connectivity index (χ3n) is 2.22. The van der Waals surface area contributed by atoms with Crippen molar-refractivity contribution in [2.24, 2.45) is 5.92 Å². The number of carbonyl (C=O) groups excluding carboxylic acids is 1. The fourth-order valence-electron chi connectivity index (χ4n) is 1.23. The molecule has 4 heteroatoms. The molecule has 1 amide bonds. The van der Waals surface area contributed by atoms with Crippen LogP contribution in [0, 0.1) is 11.7 Å². The van der Waals surface area contributed by atoms with Crippen LogP contribution in [0.2, 0.25) is 5.02 Å². The lowest BCUT2D eigenvalue weighted by Crippen LogP contribution is -2.29. The summed E-state index contributed by atoms with van der Waals surface area (Å²) in [5.74, 6) is -0.415. The van der Waals surface area contributed by atoms with E-state index >= 15 is 0 Å². The minimum absolute atomic E-state index is 0.0168. The number of halogens is 2. The molecule has 0 spiro atoms. The van der Waals surface area contributed by atoms with Gasteiger partial charge in [-0.05, 0) is 24.1 Å². The molecule has 0 aliphatic heterocycles. The molecule has 1 aromatic rings. The van der Waals surface area contributed by atoms with Gasteiger partial charge in [0.1, 0.15) is 5.82 Å². The van der Waals surface area contributed by atoms with Crippen molar-refractivity contribution in [3.05, 3.63) is 34.6 Å². The van der Waals surface area contributed by atoms with E-state index in [9.17, 15) is 9.18 Å². The van der Waals surface area contributed by atoms with Gasteiger partial charge in [-0.2, -0.15) is 0 Å². The molecule has 1 rings (SSSR count). The number of carbonyl (C=O) groups is 1. The van der Waals surface area contributed by atoms with Crippen molar-refractivity contribution < 1.29 is 9.18 Å². The lowest BCUT2D eigenvalue weighted by Gasteiger charge is -2.07. The molecule has 0 heterocycles. The second-order valence-electron chi connectivity index (χ2n) is 3.94. The fourth-order valence-corrected chi connectivity index (χ4v) is 1.43. The first-order valence-electron chi connectivity index (χ1n) is 5.22. The van der Waals surface area contributed by atoms with Crippen LogP contribution in [0.1, 0.15) is 19.4 Å². The molecular formula is C12H15ClFNO. The van der Waals surface area contributed by atoms with E-state index in [1.54, 1.807) is 12.1 Å². The fraction of sp³-hybridized carbons (Fsp3) is 0.417. The molecule has 1 N–H and O–H groups in total. The molecule has 0 unspecified atom stereocenters. The van der Waals surface area contributed by atoms with Crippen molar-refractivity contribution in [2.75, 3.05) is 6.54 Å². The Balaban J connectivity index is 2.43. The number of nitrogens with one attached hydrogen (secondary N) is 1. The summed E-state index contributed by atoms with van der Waals surface area (Å²) in [6.07, 6.45) is 0.651. The van der Waals surface area contributed by atoms with Gasteiger partial charge in [0, 0.05) is 12.5 Å². The number of hydrogen-bond donors (Lipinski definition) is 1. The highest BCUT2D eigenvalue weighted by Gasteiger charge is 2.06. The van der Waals surface area contributed by atoms with Gasteiger partial charge in [-0.1, -0.05) is 31.5 Å².